The van der Waals surface area contributed by atoms with Gasteiger partial charge in [0.15, 0.2) is 0 Å². The van der Waals surface area contributed by atoms with E-state index in [0.717, 1.165) is 5.69 Å². The highest BCUT2D eigenvalue weighted by Crippen LogP contribution is 2.16. The van der Waals surface area contributed by atoms with Gasteiger partial charge in [0, 0.05) is 11.4 Å². The predicted molar refractivity (Wildman–Crippen MR) is 91.1 cm³/mol. The molecule has 2 heterocycles. The van der Waals surface area contributed by atoms with Crippen molar-refractivity contribution in [3.63, 3.8) is 0 Å². The maximum absolute atomic E-state index is 12.8. The summed E-state index contributed by atoms with van der Waals surface area (Å²) in [6, 6.07) is 9.41. The Balaban J connectivity index is 2.12. The summed E-state index contributed by atoms with van der Waals surface area (Å²) < 4.78 is 2.78. The van der Waals surface area contributed by atoms with E-state index >= 15 is 0 Å². The number of rotatable bonds is 4. The average molecular weight is 325 g/mol. The van der Waals surface area contributed by atoms with E-state index < -0.39 is 0 Å². The lowest BCUT2D eigenvalue weighted by molar-refractivity contribution is -0.122. The van der Waals surface area contributed by atoms with Crippen LogP contribution in [-0.2, 0) is 11.3 Å². The first-order valence-electron chi connectivity index (χ1n) is 7.77. The Hall–Kier alpha value is -2.96. The van der Waals surface area contributed by atoms with Crippen molar-refractivity contribution < 1.29 is 4.79 Å². The number of benzene rings is 1. The highest BCUT2D eigenvalue weighted by atomic mass is 16.2. The number of carbonyl (C=O) groups is 1. The molecule has 0 spiro atoms. The van der Waals surface area contributed by atoms with Crippen LogP contribution in [0, 0.1) is 6.92 Å². The van der Waals surface area contributed by atoms with Crippen LogP contribution in [0.5, 0.6) is 0 Å². The molecule has 1 N–H and O–H groups in total. The van der Waals surface area contributed by atoms with Crippen molar-refractivity contribution >= 4 is 16.8 Å². The fraction of sp³-hybridized carbons (Fsp3) is 0.294. The molecule has 24 heavy (non-hydrogen) atoms. The van der Waals surface area contributed by atoms with Crippen molar-refractivity contribution in [2.24, 2.45) is 0 Å². The van der Waals surface area contributed by atoms with Gasteiger partial charge < -0.3 is 5.32 Å². The monoisotopic (exact) mass is 325 g/mol. The Bertz CT molecular complexity index is 941. The molecule has 0 aliphatic carbocycles. The summed E-state index contributed by atoms with van der Waals surface area (Å²) in [7, 11) is 0. The van der Waals surface area contributed by atoms with Crippen LogP contribution >= 0.6 is 0 Å². The third-order valence-corrected chi connectivity index (χ3v) is 3.61. The lowest BCUT2D eigenvalue weighted by Gasteiger charge is -2.10. The van der Waals surface area contributed by atoms with Gasteiger partial charge in [-0.05, 0) is 32.9 Å². The molecule has 0 radical (unpaired) electrons. The zero-order valence-electron chi connectivity index (χ0n) is 13.9. The van der Waals surface area contributed by atoms with E-state index in [9.17, 15) is 9.59 Å². The fourth-order valence-electron chi connectivity index (χ4n) is 2.60. The van der Waals surface area contributed by atoms with E-state index in [4.69, 9.17) is 0 Å². The number of nitrogens with one attached hydrogen (secondary N) is 1. The molecule has 0 aliphatic heterocycles. The van der Waals surface area contributed by atoms with Gasteiger partial charge >= 0.3 is 0 Å². The van der Waals surface area contributed by atoms with Gasteiger partial charge in [0.1, 0.15) is 12.1 Å². The summed E-state index contributed by atoms with van der Waals surface area (Å²) in [5.74, 6) is -0.246. The Morgan fingerprint density at radius 1 is 1.25 bits per heavy atom. The van der Waals surface area contributed by atoms with Gasteiger partial charge in [-0.1, -0.05) is 18.2 Å². The first-order valence-corrected chi connectivity index (χ1v) is 7.77. The van der Waals surface area contributed by atoms with Crippen molar-refractivity contribution in [1.29, 1.82) is 0 Å². The number of amides is 1. The smallest absolute Gasteiger partial charge is 0.293 e. The average Bonchev–Trinajstić information content (AvgIpc) is 2.98. The van der Waals surface area contributed by atoms with E-state index in [2.05, 4.69) is 15.5 Å². The van der Waals surface area contributed by atoms with Gasteiger partial charge in [0.25, 0.3) is 5.56 Å². The van der Waals surface area contributed by atoms with E-state index in [1.807, 2.05) is 44.2 Å². The first kappa shape index (κ1) is 15.9. The molecule has 2 aromatic heterocycles. The van der Waals surface area contributed by atoms with Gasteiger partial charge in [-0.15, -0.1) is 0 Å². The Kier molecular flexibility index (Phi) is 4.16. The summed E-state index contributed by atoms with van der Waals surface area (Å²) in [5, 5.41) is 12.0. The summed E-state index contributed by atoms with van der Waals surface area (Å²) in [4.78, 5) is 24.8. The van der Waals surface area contributed by atoms with E-state index in [1.54, 1.807) is 17.8 Å². The van der Waals surface area contributed by atoms with Gasteiger partial charge in [0.2, 0.25) is 5.91 Å². The number of aryl methyl sites for hydroxylation is 1. The molecule has 1 amide bonds. The normalized spacial score (nSPS) is 11.2. The third-order valence-electron chi connectivity index (χ3n) is 3.61. The van der Waals surface area contributed by atoms with Gasteiger partial charge in [-0.25, -0.2) is 9.36 Å². The van der Waals surface area contributed by atoms with Crippen molar-refractivity contribution in [2.75, 3.05) is 0 Å². The molecule has 0 fully saturated rings. The molecule has 7 nitrogen and oxygen atoms in total. The number of aromatic nitrogens is 4. The molecule has 0 saturated carbocycles. The molecular formula is C17H19N5O2. The van der Waals surface area contributed by atoms with E-state index in [0.29, 0.717) is 16.6 Å². The topological polar surface area (TPSA) is 81.8 Å². The second kappa shape index (κ2) is 6.27. The molecule has 7 heteroatoms. The lowest BCUT2D eigenvalue weighted by atomic mass is 10.2. The second-order valence-corrected chi connectivity index (χ2v) is 5.92. The summed E-state index contributed by atoms with van der Waals surface area (Å²) in [5.41, 5.74) is 1.53. The number of para-hydroxylation sites is 1. The Labute approximate surface area is 138 Å². The van der Waals surface area contributed by atoms with Gasteiger partial charge in [-0.3, -0.25) is 9.59 Å². The van der Waals surface area contributed by atoms with Crippen LogP contribution in [0.15, 0.2) is 41.3 Å². The second-order valence-electron chi connectivity index (χ2n) is 5.92. The molecule has 1 aromatic carbocycles. The molecule has 0 atom stereocenters. The number of fused-ring (bicyclic) bond motifs is 1. The van der Waals surface area contributed by atoms with Crippen molar-refractivity contribution in [2.45, 2.75) is 33.4 Å². The molecule has 0 saturated heterocycles. The van der Waals surface area contributed by atoms with E-state index in [1.165, 1.54) is 4.68 Å². The first-order chi connectivity index (χ1) is 11.5. The van der Waals surface area contributed by atoms with Crippen LogP contribution < -0.4 is 10.9 Å². The van der Waals surface area contributed by atoms with Crippen LogP contribution in [0.2, 0.25) is 0 Å². The molecule has 0 unspecified atom stereocenters. The van der Waals surface area contributed by atoms with E-state index in [-0.39, 0.29) is 24.1 Å². The van der Waals surface area contributed by atoms with Crippen molar-refractivity contribution in [1.82, 2.24) is 24.9 Å². The zero-order valence-corrected chi connectivity index (χ0v) is 13.9. The molecule has 124 valence electrons. The number of carbonyl (C=O) groups excluding carboxylic acids is 1. The molecule has 3 rings (SSSR count). The Morgan fingerprint density at radius 3 is 2.62 bits per heavy atom. The minimum absolute atomic E-state index is 0.00729. The van der Waals surface area contributed by atoms with Crippen molar-refractivity contribution in [3.8, 4) is 5.69 Å². The third kappa shape index (κ3) is 2.92. The fourth-order valence-corrected chi connectivity index (χ4v) is 2.60. The van der Waals surface area contributed by atoms with Crippen LogP contribution in [0.25, 0.3) is 16.6 Å². The minimum atomic E-state index is -0.337. The Morgan fingerprint density at radius 2 is 1.96 bits per heavy atom. The van der Waals surface area contributed by atoms with Crippen LogP contribution in [-0.4, -0.2) is 31.5 Å². The summed E-state index contributed by atoms with van der Waals surface area (Å²) in [6.07, 6.45) is 1.63. The van der Waals surface area contributed by atoms with Gasteiger partial charge in [-0.2, -0.15) is 10.2 Å². The number of hydrogen-bond donors (Lipinski definition) is 1. The van der Waals surface area contributed by atoms with Crippen LogP contribution in [0.4, 0.5) is 0 Å². The highest BCUT2D eigenvalue weighted by molar-refractivity contribution is 5.82. The SMILES string of the molecule is Cc1nn(CC(=O)NC(C)C)c(=O)c2c1cnn2-c1ccccc1. The summed E-state index contributed by atoms with van der Waals surface area (Å²) in [6.45, 7) is 5.42. The largest absolute Gasteiger partial charge is 0.352 e. The number of hydrogen-bond acceptors (Lipinski definition) is 4. The predicted octanol–water partition coefficient (Wildman–Crippen LogP) is 1.42. The maximum atomic E-state index is 12.8. The standard InChI is InChI=1S/C17H19N5O2/c1-11(2)19-15(23)10-21-17(24)16-14(12(3)20-21)9-18-22(16)13-7-5-4-6-8-13/h4-9,11H,10H2,1-3H3,(H,19,23). The van der Waals surface area contributed by atoms with Crippen LogP contribution in [0.3, 0.4) is 0 Å². The molecule has 0 aliphatic rings. The molecular weight excluding hydrogens is 306 g/mol. The van der Waals surface area contributed by atoms with Crippen LogP contribution in [0.1, 0.15) is 19.5 Å². The zero-order chi connectivity index (χ0) is 17.3. The van der Waals surface area contributed by atoms with Crippen molar-refractivity contribution in [3.05, 3.63) is 52.6 Å². The summed E-state index contributed by atoms with van der Waals surface area (Å²) >= 11 is 0. The van der Waals surface area contributed by atoms with Gasteiger partial charge in [0.05, 0.1) is 17.6 Å². The molecule has 0 bridgehead atoms. The quantitative estimate of drug-likeness (QED) is 0.786. The minimum Gasteiger partial charge on any atom is -0.352 e. The molecule has 3 aromatic rings. The lowest BCUT2D eigenvalue weighted by Crippen LogP contribution is -2.37. The number of nitrogens with zero attached hydrogens (tertiary/aromatic N) is 4. The maximum Gasteiger partial charge on any atom is 0.293 e. The highest BCUT2D eigenvalue weighted by Gasteiger charge is 2.16.